The van der Waals surface area contributed by atoms with E-state index in [-0.39, 0.29) is 15.4 Å². The van der Waals surface area contributed by atoms with Crippen LogP contribution < -0.4 is 16.7 Å². The van der Waals surface area contributed by atoms with Crippen molar-refractivity contribution >= 4 is 35.7 Å². The highest BCUT2D eigenvalue weighted by Crippen LogP contribution is 2.23. The molecule has 0 aliphatic rings. The largest absolute Gasteiger partial charge is 0.480 e. The van der Waals surface area contributed by atoms with E-state index in [4.69, 9.17) is 23.8 Å². The molecule has 1 aromatic heterocycles. The Morgan fingerprint density at radius 1 is 1.23 bits per heavy atom. The van der Waals surface area contributed by atoms with Crippen molar-refractivity contribution < 1.29 is 19.1 Å². The summed E-state index contributed by atoms with van der Waals surface area (Å²) in [6, 6.07) is 0.493. The highest BCUT2D eigenvalue weighted by atomic mass is 35.5. The van der Waals surface area contributed by atoms with Crippen LogP contribution in [0.2, 0.25) is 5.02 Å². The molecule has 0 saturated heterocycles. The number of hydrogen-bond donors (Lipinski definition) is 2. The zero-order valence-electron chi connectivity index (χ0n) is 16.6. The van der Waals surface area contributed by atoms with Crippen LogP contribution in [-0.4, -0.2) is 36.7 Å². The first-order valence-corrected chi connectivity index (χ1v) is 9.63. The molecule has 0 bridgehead atoms. The molecule has 2 atom stereocenters. The highest BCUT2D eigenvalue weighted by molar-refractivity contribution is 7.71. The Morgan fingerprint density at radius 3 is 2.23 bits per heavy atom. The highest BCUT2D eigenvalue weighted by Gasteiger charge is 2.27. The van der Waals surface area contributed by atoms with Crippen LogP contribution in [0.25, 0.3) is 5.69 Å². The lowest BCUT2D eigenvalue weighted by molar-refractivity contribution is -0.140. The molecular formula is C18H20ClFN4O5S. The number of benzene rings is 1. The van der Waals surface area contributed by atoms with Gasteiger partial charge in [-0.15, -0.1) is 0 Å². The Hall–Kier alpha value is -2.79. The van der Waals surface area contributed by atoms with Gasteiger partial charge in [-0.2, -0.15) is 0 Å². The Bertz CT molecular complexity index is 1160. The van der Waals surface area contributed by atoms with Crippen molar-refractivity contribution in [1.82, 2.24) is 19.0 Å². The molecule has 0 spiro atoms. The van der Waals surface area contributed by atoms with E-state index in [1.165, 1.54) is 14.1 Å². The van der Waals surface area contributed by atoms with E-state index < -0.39 is 46.7 Å². The van der Waals surface area contributed by atoms with Gasteiger partial charge >= 0.3 is 17.3 Å². The molecule has 9 nitrogen and oxygen atoms in total. The van der Waals surface area contributed by atoms with E-state index in [0.717, 1.165) is 21.3 Å². The predicted octanol–water partition coefficient (Wildman–Crippen LogP) is 1.63. The van der Waals surface area contributed by atoms with Gasteiger partial charge in [0.2, 0.25) is 0 Å². The normalized spacial score (nSPS) is 13.0. The second kappa shape index (κ2) is 8.92. The molecule has 0 unspecified atom stereocenters. The van der Waals surface area contributed by atoms with Crippen LogP contribution in [0, 0.1) is 16.5 Å². The number of nitrogens with zero attached hydrogens (tertiary/aromatic N) is 3. The molecule has 0 saturated carbocycles. The third-order valence-corrected chi connectivity index (χ3v) is 5.68. The summed E-state index contributed by atoms with van der Waals surface area (Å²) in [4.78, 5) is 49.2. The molecule has 12 heteroatoms. The van der Waals surface area contributed by atoms with Gasteiger partial charge in [0.05, 0.1) is 16.3 Å². The number of halogens is 2. The molecule has 1 aromatic carbocycles. The maximum absolute atomic E-state index is 14.6. The van der Waals surface area contributed by atoms with Crippen LogP contribution >= 0.6 is 23.8 Å². The number of amides is 1. The number of rotatable bonds is 6. The molecule has 0 fully saturated rings. The van der Waals surface area contributed by atoms with E-state index >= 15 is 0 Å². The summed E-state index contributed by atoms with van der Waals surface area (Å²) in [5.74, 6) is -3.54. The van der Waals surface area contributed by atoms with Crippen molar-refractivity contribution in [3.63, 3.8) is 0 Å². The summed E-state index contributed by atoms with van der Waals surface area (Å²) in [7, 11) is 2.62. The van der Waals surface area contributed by atoms with Gasteiger partial charge in [0.15, 0.2) is 4.77 Å². The lowest BCUT2D eigenvalue weighted by Gasteiger charge is -2.20. The lowest BCUT2D eigenvalue weighted by atomic mass is 9.99. The van der Waals surface area contributed by atoms with Gasteiger partial charge in [-0.25, -0.2) is 23.3 Å². The van der Waals surface area contributed by atoms with Gasteiger partial charge in [0, 0.05) is 14.1 Å². The third kappa shape index (κ3) is 4.21. The Balaban J connectivity index is 2.67. The summed E-state index contributed by atoms with van der Waals surface area (Å²) in [6.45, 7) is 3.41. The summed E-state index contributed by atoms with van der Waals surface area (Å²) in [5, 5.41) is 11.4. The smallest absolute Gasteiger partial charge is 0.338 e. The minimum absolute atomic E-state index is 0.0774. The first-order chi connectivity index (χ1) is 13.9. The monoisotopic (exact) mass is 458 g/mol. The van der Waals surface area contributed by atoms with Gasteiger partial charge < -0.3 is 10.4 Å². The lowest BCUT2D eigenvalue weighted by Crippen LogP contribution is -2.45. The average molecular weight is 459 g/mol. The molecule has 0 radical (unpaired) electrons. The maximum atomic E-state index is 14.6. The van der Waals surface area contributed by atoms with Crippen molar-refractivity contribution in [2.45, 2.75) is 26.3 Å². The van der Waals surface area contributed by atoms with Crippen LogP contribution in [0.4, 0.5) is 4.39 Å². The van der Waals surface area contributed by atoms with Crippen molar-refractivity contribution in [1.29, 1.82) is 0 Å². The molecular weight excluding hydrogens is 439 g/mol. The average Bonchev–Trinajstić information content (AvgIpc) is 2.69. The van der Waals surface area contributed by atoms with Crippen LogP contribution in [-0.2, 0) is 18.9 Å². The fourth-order valence-electron chi connectivity index (χ4n) is 2.76. The molecule has 1 amide bonds. The van der Waals surface area contributed by atoms with Crippen molar-refractivity contribution in [3.05, 3.63) is 54.3 Å². The summed E-state index contributed by atoms with van der Waals surface area (Å²) in [6.07, 6.45) is 0.481. The Labute approximate surface area is 180 Å². The summed E-state index contributed by atoms with van der Waals surface area (Å²) >= 11 is 11.0. The molecule has 0 aliphatic carbocycles. The molecule has 162 valence electrons. The molecule has 1 heterocycles. The van der Waals surface area contributed by atoms with Crippen molar-refractivity contribution in [2.75, 3.05) is 0 Å². The topological polar surface area (TPSA) is 115 Å². The van der Waals surface area contributed by atoms with E-state index in [1.807, 2.05) is 0 Å². The molecule has 2 aromatic rings. The number of aromatic nitrogens is 3. The summed E-state index contributed by atoms with van der Waals surface area (Å²) in [5.41, 5.74) is -2.64. The zero-order chi connectivity index (χ0) is 22.9. The molecule has 30 heavy (non-hydrogen) atoms. The van der Waals surface area contributed by atoms with Crippen LogP contribution in [0.5, 0.6) is 0 Å². The number of carbonyl (C=O) groups is 2. The van der Waals surface area contributed by atoms with Gasteiger partial charge in [-0.05, 0) is 30.3 Å². The van der Waals surface area contributed by atoms with Crippen LogP contribution in [0.15, 0.2) is 21.7 Å². The fraction of sp³-hybridized carbons (Fsp3) is 0.389. The minimum Gasteiger partial charge on any atom is -0.480 e. The van der Waals surface area contributed by atoms with Gasteiger partial charge in [-0.1, -0.05) is 31.9 Å². The van der Waals surface area contributed by atoms with E-state index in [1.54, 1.807) is 13.8 Å². The quantitative estimate of drug-likeness (QED) is 0.636. The Morgan fingerprint density at radius 2 is 1.77 bits per heavy atom. The third-order valence-electron chi connectivity index (χ3n) is 4.82. The first kappa shape index (κ1) is 23.5. The molecule has 2 rings (SSSR count). The van der Waals surface area contributed by atoms with Crippen molar-refractivity contribution in [2.24, 2.45) is 20.0 Å². The van der Waals surface area contributed by atoms with Gasteiger partial charge in [0.1, 0.15) is 11.9 Å². The standard InChI is InChI=1S/C18H20ClFN4O5S/c1-5-8(2)13(15(26)27)21-14(25)9-6-12(11(20)7-10(9)19)24-16(28)22(3)18(30)23(4)17(24)29/h6-8,13H,5H2,1-4H3,(H,21,25)(H,26,27)/t8-,13-/m1/s1. The second-order valence-electron chi connectivity index (χ2n) is 6.76. The maximum Gasteiger partial charge on any atom is 0.338 e. The number of nitrogens with one attached hydrogen (secondary N) is 1. The zero-order valence-corrected chi connectivity index (χ0v) is 18.2. The SMILES string of the molecule is CC[C@@H](C)[C@@H](NC(=O)c1cc(-n2c(=O)n(C)c(=S)n(C)c2=O)c(F)cc1Cl)C(=O)O. The van der Waals surface area contributed by atoms with Gasteiger partial charge in [0.25, 0.3) is 5.91 Å². The van der Waals surface area contributed by atoms with Crippen molar-refractivity contribution in [3.8, 4) is 5.69 Å². The first-order valence-electron chi connectivity index (χ1n) is 8.84. The predicted molar refractivity (Wildman–Crippen MR) is 110 cm³/mol. The van der Waals surface area contributed by atoms with E-state index in [9.17, 15) is 28.7 Å². The Kier molecular flexibility index (Phi) is 6.99. The molecule has 2 N–H and O–H groups in total. The van der Waals surface area contributed by atoms with E-state index in [0.29, 0.717) is 11.0 Å². The number of aliphatic carboxylic acids is 1. The number of carboxylic acids is 1. The second-order valence-corrected chi connectivity index (χ2v) is 7.53. The van der Waals surface area contributed by atoms with Gasteiger partial charge in [-0.3, -0.25) is 13.9 Å². The number of carboxylic acid groups (broad SMARTS) is 1. The van der Waals surface area contributed by atoms with Crippen LogP contribution in [0.3, 0.4) is 0 Å². The minimum atomic E-state index is -1.24. The van der Waals surface area contributed by atoms with Crippen LogP contribution in [0.1, 0.15) is 30.6 Å². The summed E-state index contributed by atoms with van der Waals surface area (Å²) < 4.78 is 17.0. The molecule has 0 aliphatic heterocycles. The van der Waals surface area contributed by atoms with E-state index in [2.05, 4.69) is 5.32 Å². The number of carbonyl (C=O) groups excluding carboxylic acids is 1. The fourth-order valence-corrected chi connectivity index (χ4v) is 3.15. The number of hydrogen-bond acceptors (Lipinski definition) is 5.